The van der Waals surface area contributed by atoms with E-state index in [1.165, 1.54) is 25.7 Å². The molecule has 3 nitrogen and oxygen atoms in total. The first kappa shape index (κ1) is 12.9. The van der Waals surface area contributed by atoms with Crippen molar-refractivity contribution in [1.29, 1.82) is 0 Å². The van der Waals surface area contributed by atoms with E-state index in [9.17, 15) is 4.79 Å². The molecule has 98 valence electrons. The number of rotatable bonds is 4. The molecule has 1 atom stereocenters. The second-order valence-electron chi connectivity index (χ2n) is 5.90. The minimum atomic E-state index is -0.104. The lowest BCUT2D eigenvalue weighted by Crippen LogP contribution is -2.44. The van der Waals surface area contributed by atoms with Crippen LogP contribution in [0.3, 0.4) is 0 Å². The zero-order valence-electron chi connectivity index (χ0n) is 11.3. The second-order valence-corrected chi connectivity index (χ2v) is 5.90. The van der Waals surface area contributed by atoms with Crippen molar-refractivity contribution in [2.45, 2.75) is 45.4 Å². The molecule has 1 aliphatic heterocycles. The van der Waals surface area contributed by atoms with E-state index in [2.05, 4.69) is 12.2 Å². The Hall–Kier alpha value is -0.570. The van der Waals surface area contributed by atoms with Gasteiger partial charge >= 0.3 is 0 Å². The van der Waals surface area contributed by atoms with Crippen LogP contribution in [0.2, 0.25) is 0 Å². The van der Waals surface area contributed by atoms with Gasteiger partial charge in [-0.1, -0.05) is 19.8 Å². The van der Waals surface area contributed by atoms with Gasteiger partial charge in [0.15, 0.2) is 0 Å². The predicted molar refractivity (Wildman–Crippen MR) is 69.8 cm³/mol. The summed E-state index contributed by atoms with van der Waals surface area (Å²) in [6, 6.07) is 0. The average molecular weight is 238 g/mol. The molecule has 1 unspecified atom stereocenters. The molecular formula is C14H26N2O. The summed E-state index contributed by atoms with van der Waals surface area (Å²) in [5, 5.41) is 3.35. The second kappa shape index (κ2) is 5.38. The molecule has 17 heavy (non-hydrogen) atoms. The average Bonchev–Trinajstić information content (AvgIpc) is 2.99. The van der Waals surface area contributed by atoms with Gasteiger partial charge in [-0.15, -0.1) is 0 Å². The van der Waals surface area contributed by atoms with Gasteiger partial charge in [-0.25, -0.2) is 0 Å². The molecule has 2 aliphatic rings. The van der Waals surface area contributed by atoms with Crippen LogP contribution in [0.1, 0.15) is 45.4 Å². The van der Waals surface area contributed by atoms with E-state index in [0.717, 1.165) is 38.4 Å². The summed E-state index contributed by atoms with van der Waals surface area (Å²) in [7, 11) is 2.00. The van der Waals surface area contributed by atoms with Gasteiger partial charge in [-0.05, 0) is 38.1 Å². The van der Waals surface area contributed by atoms with Crippen molar-refractivity contribution in [2.75, 3.05) is 26.7 Å². The minimum Gasteiger partial charge on any atom is -0.345 e. The van der Waals surface area contributed by atoms with Crippen molar-refractivity contribution in [3.8, 4) is 0 Å². The van der Waals surface area contributed by atoms with Crippen LogP contribution < -0.4 is 5.32 Å². The Bertz CT molecular complexity index is 265. The Labute approximate surface area is 105 Å². The highest BCUT2D eigenvalue weighted by Gasteiger charge is 2.41. The van der Waals surface area contributed by atoms with Gasteiger partial charge in [0, 0.05) is 20.1 Å². The van der Waals surface area contributed by atoms with Crippen LogP contribution in [0.25, 0.3) is 0 Å². The minimum absolute atomic E-state index is 0.104. The van der Waals surface area contributed by atoms with Crippen molar-refractivity contribution < 1.29 is 4.79 Å². The fourth-order valence-corrected chi connectivity index (χ4v) is 3.45. The Morgan fingerprint density at radius 1 is 1.41 bits per heavy atom. The third-order valence-corrected chi connectivity index (χ3v) is 4.73. The van der Waals surface area contributed by atoms with E-state index >= 15 is 0 Å². The van der Waals surface area contributed by atoms with E-state index in [4.69, 9.17) is 0 Å². The molecule has 1 N–H and O–H groups in total. The maximum atomic E-state index is 12.6. The lowest BCUT2D eigenvalue weighted by molar-refractivity contribution is -0.140. The van der Waals surface area contributed by atoms with Gasteiger partial charge < -0.3 is 10.2 Å². The molecule has 1 saturated heterocycles. The monoisotopic (exact) mass is 238 g/mol. The number of amides is 1. The summed E-state index contributed by atoms with van der Waals surface area (Å²) in [5.41, 5.74) is -0.104. The normalized spacial score (nSPS) is 29.8. The van der Waals surface area contributed by atoms with E-state index in [1.54, 1.807) is 0 Å². The van der Waals surface area contributed by atoms with Gasteiger partial charge in [-0.2, -0.15) is 0 Å². The number of nitrogens with one attached hydrogen (secondary N) is 1. The van der Waals surface area contributed by atoms with Crippen molar-refractivity contribution in [3.63, 3.8) is 0 Å². The summed E-state index contributed by atoms with van der Waals surface area (Å²) < 4.78 is 0. The van der Waals surface area contributed by atoms with Crippen molar-refractivity contribution >= 4 is 5.91 Å². The fourth-order valence-electron chi connectivity index (χ4n) is 3.45. The highest BCUT2D eigenvalue weighted by molar-refractivity contribution is 5.83. The highest BCUT2D eigenvalue weighted by atomic mass is 16.2. The van der Waals surface area contributed by atoms with E-state index in [1.807, 2.05) is 11.9 Å². The first-order valence-corrected chi connectivity index (χ1v) is 7.14. The molecule has 0 aromatic heterocycles. The van der Waals surface area contributed by atoms with Gasteiger partial charge in [0.25, 0.3) is 0 Å². The molecule has 0 radical (unpaired) electrons. The third kappa shape index (κ3) is 2.65. The standard InChI is InChI=1S/C14H26N2O/c1-3-14(8-9-15-11-14)13(17)16(2)10-12-6-4-5-7-12/h12,15H,3-11H2,1-2H3. The van der Waals surface area contributed by atoms with Gasteiger partial charge in [0.2, 0.25) is 5.91 Å². The molecule has 0 aromatic rings. The molecule has 0 bridgehead atoms. The number of hydrogen-bond acceptors (Lipinski definition) is 2. The molecular weight excluding hydrogens is 212 g/mol. The van der Waals surface area contributed by atoms with Crippen LogP contribution >= 0.6 is 0 Å². The van der Waals surface area contributed by atoms with Crippen LogP contribution in [0.4, 0.5) is 0 Å². The van der Waals surface area contributed by atoms with E-state index in [0.29, 0.717) is 5.91 Å². The Kier molecular flexibility index (Phi) is 4.08. The predicted octanol–water partition coefficient (Wildman–Crippen LogP) is 2.02. The third-order valence-electron chi connectivity index (χ3n) is 4.73. The van der Waals surface area contributed by atoms with Crippen LogP contribution in [-0.4, -0.2) is 37.5 Å². The molecule has 2 fully saturated rings. The molecule has 1 amide bonds. The molecule has 1 aliphatic carbocycles. The van der Waals surface area contributed by atoms with E-state index < -0.39 is 0 Å². The van der Waals surface area contributed by atoms with E-state index in [-0.39, 0.29) is 5.41 Å². The fraction of sp³-hybridized carbons (Fsp3) is 0.929. The zero-order chi connectivity index (χ0) is 12.3. The van der Waals surface area contributed by atoms with Crippen LogP contribution in [0.15, 0.2) is 0 Å². The van der Waals surface area contributed by atoms with Gasteiger partial charge in [0.1, 0.15) is 0 Å². The van der Waals surface area contributed by atoms with Crippen molar-refractivity contribution in [1.82, 2.24) is 10.2 Å². The largest absolute Gasteiger partial charge is 0.345 e. The molecule has 1 saturated carbocycles. The smallest absolute Gasteiger partial charge is 0.229 e. The number of nitrogens with zero attached hydrogens (tertiary/aromatic N) is 1. The lowest BCUT2D eigenvalue weighted by atomic mass is 9.82. The molecule has 0 spiro atoms. The number of carbonyl (C=O) groups is 1. The Morgan fingerprint density at radius 3 is 2.65 bits per heavy atom. The SMILES string of the molecule is CCC1(C(=O)N(C)CC2CCCC2)CCNC1. The van der Waals surface area contributed by atoms with Crippen LogP contribution in [0.5, 0.6) is 0 Å². The molecule has 2 rings (SSSR count). The molecule has 1 heterocycles. The molecule has 0 aromatic carbocycles. The molecule has 3 heteroatoms. The van der Waals surface area contributed by atoms with Gasteiger partial charge in [0.05, 0.1) is 5.41 Å². The summed E-state index contributed by atoms with van der Waals surface area (Å²) in [4.78, 5) is 14.6. The summed E-state index contributed by atoms with van der Waals surface area (Å²) in [5.74, 6) is 1.13. The van der Waals surface area contributed by atoms with Crippen LogP contribution in [-0.2, 0) is 4.79 Å². The summed E-state index contributed by atoms with van der Waals surface area (Å²) in [6.07, 6.45) is 7.31. The maximum absolute atomic E-state index is 12.6. The zero-order valence-corrected chi connectivity index (χ0v) is 11.3. The van der Waals surface area contributed by atoms with Crippen molar-refractivity contribution in [3.05, 3.63) is 0 Å². The Balaban J connectivity index is 1.93. The topological polar surface area (TPSA) is 32.3 Å². The number of hydrogen-bond donors (Lipinski definition) is 1. The Morgan fingerprint density at radius 2 is 2.12 bits per heavy atom. The van der Waals surface area contributed by atoms with Gasteiger partial charge in [-0.3, -0.25) is 4.79 Å². The van der Waals surface area contributed by atoms with Crippen LogP contribution in [0, 0.1) is 11.3 Å². The van der Waals surface area contributed by atoms with Crippen molar-refractivity contribution in [2.24, 2.45) is 11.3 Å². The highest BCUT2D eigenvalue weighted by Crippen LogP contribution is 2.33. The first-order valence-electron chi connectivity index (χ1n) is 7.14. The summed E-state index contributed by atoms with van der Waals surface area (Å²) >= 11 is 0. The lowest BCUT2D eigenvalue weighted by Gasteiger charge is -2.32. The number of carbonyl (C=O) groups excluding carboxylic acids is 1. The maximum Gasteiger partial charge on any atom is 0.229 e. The quantitative estimate of drug-likeness (QED) is 0.812. The first-order chi connectivity index (χ1) is 8.18. The summed E-state index contributed by atoms with van der Waals surface area (Å²) in [6.45, 7) is 4.99.